The minimum absolute atomic E-state index is 0.116. The number of benzene rings is 2. The van der Waals surface area contributed by atoms with E-state index in [-0.39, 0.29) is 10.6 Å². The minimum Gasteiger partial charge on any atom is -0.493 e. The summed E-state index contributed by atoms with van der Waals surface area (Å²) in [5.41, 5.74) is 1.59. The van der Waals surface area contributed by atoms with Gasteiger partial charge in [0, 0.05) is 18.1 Å². The Bertz CT molecular complexity index is 608. The third-order valence-corrected chi connectivity index (χ3v) is 3.19. The van der Waals surface area contributed by atoms with E-state index in [1.165, 1.54) is 6.07 Å². The van der Waals surface area contributed by atoms with E-state index < -0.39 is 6.10 Å². The summed E-state index contributed by atoms with van der Waals surface area (Å²) in [5, 5.41) is 20.3. The Hall–Kier alpha value is -2.40. The second kappa shape index (κ2) is 6.85. The van der Waals surface area contributed by atoms with Crippen LogP contribution in [-0.4, -0.2) is 16.6 Å². The summed E-state index contributed by atoms with van der Waals surface area (Å²) in [6.45, 7) is 2.06. The molecule has 0 bridgehead atoms. The largest absolute Gasteiger partial charge is 0.493 e. The third-order valence-electron chi connectivity index (χ3n) is 3.19. The molecular weight excluding hydrogens is 270 g/mol. The molecule has 0 saturated heterocycles. The monoisotopic (exact) mass is 287 g/mol. The zero-order valence-corrected chi connectivity index (χ0v) is 11.7. The van der Waals surface area contributed by atoms with Gasteiger partial charge in [-0.3, -0.25) is 10.1 Å². The highest BCUT2D eigenvalue weighted by Crippen LogP contribution is 2.20. The first-order valence-corrected chi connectivity index (χ1v) is 6.71. The van der Waals surface area contributed by atoms with Gasteiger partial charge in [0.2, 0.25) is 0 Å². The molecule has 5 nitrogen and oxygen atoms in total. The van der Waals surface area contributed by atoms with Crippen LogP contribution in [0.3, 0.4) is 0 Å². The van der Waals surface area contributed by atoms with Gasteiger partial charge in [-0.05, 0) is 24.6 Å². The quantitative estimate of drug-likeness (QED) is 0.653. The molecule has 5 heteroatoms. The highest BCUT2D eigenvalue weighted by atomic mass is 16.6. The lowest BCUT2D eigenvalue weighted by Gasteiger charge is -2.08. The van der Waals surface area contributed by atoms with Crippen molar-refractivity contribution in [1.29, 1.82) is 0 Å². The number of rotatable bonds is 6. The third kappa shape index (κ3) is 4.03. The predicted molar refractivity (Wildman–Crippen MR) is 79.4 cm³/mol. The van der Waals surface area contributed by atoms with Crippen LogP contribution in [0.5, 0.6) is 5.75 Å². The summed E-state index contributed by atoms with van der Waals surface area (Å²) < 4.78 is 5.58. The van der Waals surface area contributed by atoms with Crippen LogP contribution >= 0.6 is 0 Å². The van der Waals surface area contributed by atoms with Crippen molar-refractivity contribution in [3.8, 4) is 5.75 Å². The highest BCUT2D eigenvalue weighted by Gasteiger charge is 2.11. The Balaban J connectivity index is 1.94. The molecule has 0 fully saturated rings. The fourth-order valence-corrected chi connectivity index (χ4v) is 2.02. The van der Waals surface area contributed by atoms with Crippen LogP contribution in [0.25, 0.3) is 0 Å². The number of nitro groups is 1. The zero-order valence-electron chi connectivity index (χ0n) is 11.7. The average Bonchev–Trinajstić information content (AvgIpc) is 2.48. The molecule has 0 amide bonds. The Morgan fingerprint density at radius 2 is 1.86 bits per heavy atom. The fourth-order valence-electron chi connectivity index (χ4n) is 2.02. The number of para-hydroxylation sites is 1. The Kier molecular flexibility index (Phi) is 4.90. The van der Waals surface area contributed by atoms with Crippen LogP contribution in [0, 0.1) is 10.1 Å². The predicted octanol–water partition coefficient (Wildman–Crippen LogP) is 3.27. The van der Waals surface area contributed by atoms with E-state index in [1.54, 1.807) is 49.4 Å². The molecule has 2 aromatic carbocycles. The smallest absolute Gasteiger partial charge is 0.272 e. The second-order valence-electron chi connectivity index (χ2n) is 4.73. The van der Waals surface area contributed by atoms with Crippen molar-refractivity contribution in [3.05, 3.63) is 69.8 Å². The van der Waals surface area contributed by atoms with Gasteiger partial charge in [-0.15, -0.1) is 0 Å². The number of aliphatic hydroxyl groups is 1. The molecular formula is C16H17NO4. The zero-order chi connectivity index (χ0) is 15.2. The maximum absolute atomic E-state index is 10.9. The molecule has 0 heterocycles. The van der Waals surface area contributed by atoms with E-state index in [9.17, 15) is 15.2 Å². The van der Waals surface area contributed by atoms with Gasteiger partial charge >= 0.3 is 0 Å². The van der Waals surface area contributed by atoms with Gasteiger partial charge in [0.05, 0.1) is 17.6 Å². The molecule has 1 N–H and O–H groups in total. The molecule has 0 aliphatic heterocycles. The number of nitrogens with zero attached hydrogens (tertiary/aromatic N) is 1. The summed E-state index contributed by atoms with van der Waals surface area (Å²) in [5.74, 6) is 0.679. The molecule has 0 saturated carbocycles. The maximum Gasteiger partial charge on any atom is 0.272 e. The lowest BCUT2D eigenvalue weighted by atomic mass is 10.1. The second-order valence-corrected chi connectivity index (χ2v) is 4.73. The van der Waals surface area contributed by atoms with Gasteiger partial charge in [-0.1, -0.05) is 30.3 Å². The Labute approximate surface area is 123 Å². The molecule has 21 heavy (non-hydrogen) atoms. The molecule has 0 aromatic heterocycles. The van der Waals surface area contributed by atoms with Crippen LogP contribution in [0.2, 0.25) is 0 Å². The van der Waals surface area contributed by atoms with Crippen molar-refractivity contribution in [3.63, 3.8) is 0 Å². The van der Waals surface area contributed by atoms with Crippen LogP contribution in [0.1, 0.15) is 24.2 Å². The highest BCUT2D eigenvalue weighted by molar-refractivity contribution is 5.40. The fraction of sp³-hybridized carbons (Fsp3) is 0.250. The summed E-state index contributed by atoms with van der Waals surface area (Å²) in [4.78, 5) is 10.5. The molecule has 1 atom stereocenters. The number of ether oxygens (including phenoxy) is 1. The van der Waals surface area contributed by atoms with Gasteiger partial charge in [0.25, 0.3) is 5.69 Å². The van der Waals surface area contributed by atoms with Crippen molar-refractivity contribution in [2.75, 3.05) is 6.61 Å². The number of aliphatic hydroxyl groups excluding tert-OH is 1. The van der Waals surface area contributed by atoms with Gasteiger partial charge in [-0.2, -0.15) is 0 Å². The summed E-state index contributed by atoms with van der Waals surface area (Å²) in [6.07, 6.45) is -0.0407. The lowest BCUT2D eigenvalue weighted by Crippen LogP contribution is -2.04. The van der Waals surface area contributed by atoms with Gasteiger partial charge in [0.15, 0.2) is 0 Å². The van der Waals surface area contributed by atoms with E-state index in [0.29, 0.717) is 24.3 Å². The number of nitro benzene ring substituents is 1. The standard InChI is InChI=1S/C16H17NO4/c1-12(18)13-6-8-15(9-7-13)21-11-10-14-4-2-3-5-16(14)17(19)20/h2-9,12,18H,10-11H2,1H3/t12-/m0/s1. The first kappa shape index (κ1) is 15.0. The van der Waals surface area contributed by atoms with Crippen molar-refractivity contribution < 1.29 is 14.8 Å². The van der Waals surface area contributed by atoms with Crippen molar-refractivity contribution >= 4 is 5.69 Å². The van der Waals surface area contributed by atoms with Crippen molar-refractivity contribution in [1.82, 2.24) is 0 Å². The Morgan fingerprint density at radius 3 is 2.48 bits per heavy atom. The molecule has 2 aromatic rings. The molecule has 0 spiro atoms. The molecule has 2 rings (SSSR count). The molecule has 0 radical (unpaired) electrons. The van der Waals surface area contributed by atoms with Gasteiger partial charge in [0.1, 0.15) is 5.75 Å². The summed E-state index contributed by atoms with van der Waals surface area (Å²) >= 11 is 0. The normalized spacial score (nSPS) is 11.9. The van der Waals surface area contributed by atoms with Crippen LogP contribution in [0.15, 0.2) is 48.5 Å². The molecule has 0 unspecified atom stereocenters. The topological polar surface area (TPSA) is 72.6 Å². The lowest BCUT2D eigenvalue weighted by molar-refractivity contribution is -0.385. The van der Waals surface area contributed by atoms with Gasteiger partial charge < -0.3 is 9.84 Å². The van der Waals surface area contributed by atoms with E-state index in [4.69, 9.17) is 4.74 Å². The first-order chi connectivity index (χ1) is 10.1. The van der Waals surface area contributed by atoms with Crippen molar-refractivity contribution in [2.24, 2.45) is 0 Å². The average molecular weight is 287 g/mol. The summed E-state index contributed by atoms with van der Waals surface area (Å²) in [6, 6.07) is 13.8. The SMILES string of the molecule is C[C@H](O)c1ccc(OCCc2ccccc2[N+](=O)[O-])cc1. The van der Waals surface area contributed by atoms with E-state index >= 15 is 0 Å². The van der Waals surface area contributed by atoms with Crippen molar-refractivity contribution in [2.45, 2.75) is 19.4 Å². The van der Waals surface area contributed by atoms with Crippen LogP contribution in [-0.2, 0) is 6.42 Å². The summed E-state index contributed by atoms with van der Waals surface area (Å²) in [7, 11) is 0. The molecule has 110 valence electrons. The van der Waals surface area contributed by atoms with E-state index in [1.807, 2.05) is 0 Å². The first-order valence-electron chi connectivity index (χ1n) is 6.71. The van der Waals surface area contributed by atoms with Gasteiger partial charge in [-0.25, -0.2) is 0 Å². The molecule has 0 aliphatic carbocycles. The number of hydrogen-bond donors (Lipinski definition) is 1. The van der Waals surface area contributed by atoms with Crippen LogP contribution < -0.4 is 4.74 Å². The van der Waals surface area contributed by atoms with E-state index in [2.05, 4.69) is 0 Å². The molecule has 0 aliphatic rings. The maximum atomic E-state index is 10.9. The van der Waals surface area contributed by atoms with E-state index in [0.717, 1.165) is 5.56 Å². The Morgan fingerprint density at radius 1 is 1.19 bits per heavy atom. The number of hydrogen-bond acceptors (Lipinski definition) is 4. The minimum atomic E-state index is -0.508. The van der Waals surface area contributed by atoms with Crippen LogP contribution in [0.4, 0.5) is 5.69 Å².